The van der Waals surface area contributed by atoms with Gasteiger partial charge in [0.05, 0.1) is 44.5 Å². The monoisotopic (exact) mass is 567 g/mol. The van der Waals surface area contributed by atoms with E-state index in [9.17, 15) is 29.9 Å². The van der Waals surface area contributed by atoms with Crippen LogP contribution in [-0.2, 0) is 9.59 Å². The molecule has 2 N–H and O–H groups in total. The maximum Gasteiger partial charge on any atom is 0.331 e. The number of hydrogen-bond acceptors (Lipinski definition) is 9. The van der Waals surface area contributed by atoms with Crippen LogP contribution >= 0.6 is 0 Å². The molecule has 1 aliphatic rings. The van der Waals surface area contributed by atoms with E-state index in [0.717, 1.165) is 5.69 Å². The summed E-state index contributed by atoms with van der Waals surface area (Å²) in [6.07, 6.45) is 6.13. The number of carbonyl (C=O) groups is 2. The SMILES string of the molecule is COc1cc(-n2cccn2)cc(OC)c1OC.COc1ccc(C2=CC(C)(C(=O)O)CC(C(=O)O)=C2)cc1[N+](=O)[O-]. The Morgan fingerprint density at radius 3 is 2.10 bits per heavy atom. The molecule has 1 atom stereocenters. The van der Waals surface area contributed by atoms with Crippen LogP contribution in [0.25, 0.3) is 11.3 Å². The fourth-order valence-electron chi connectivity index (χ4n) is 4.14. The van der Waals surface area contributed by atoms with Gasteiger partial charge in [-0.3, -0.25) is 14.9 Å². The zero-order chi connectivity index (χ0) is 30.3. The van der Waals surface area contributed by atoms with Crippen LogP contribution in [0.4, 0.5) is 5.69 Å². The van der Waals surface area contributed by atoms with E-state index in [-0.39, 0.29) is 23.4 Å². The van der Waals surface area contributed by atoms with Crippen LogP contribution in [0.1, 0.15) is 18.9 Å². The van der Waals surface area contributed by atoms with Crippen LogP contribution in [-0.4, -0.2) is 65.3 Å². The molecule has 41 heavy (non-hydrogen) atoms. The van der Waals surface area contributed by atoms with Gasteiger partial charge in [0.15, 0.2) is 17.2 Å². The fraction of sp³-hybridized carbons (Fsp3) is 0.250. The quantitative estimate of drug-likeness (QED) is 0.277. The Kier molecular flexibility index (Phi) is 9.35. The number of carboxylic acid groups (broad SMARTS) is 2. The van der Waals surface area contributed by atoms with Crippen molar-refractivity contribution >= 4 is 23.2 Å². The van der Waals surface area contributed by atoms with Gasteiger partial charge in [0.25, 0.3) is 0 Å². The van der Waals surface area contributed by atoms with E-state index in [1.54, 1.807) is 32.2 Å². The van der Waals surface area contributed by atoms with Crippen molar-refractivity contribution in [1.29, 1.82) is 0 Å². The molecule has 0 saturated heterocycles. The number of nitro benzene ring substituents is 1. The highest BCUT2D eigenvalue weighted by molar-refractivity contribution is 5.96. The molecule has 0 bridgehead atoms. The lowest BCUT2D eigenvalue weighted by Crippen LogP contribution is -2.29. The molecule has 0 fully saturated rings. The van der Waals surface area contributed by atoms with Crippen LogP contribution in [0.2, 0.25) is 0 Å². The first-order valence-corrected chi connectivity index (χ1v) is 12.0. The Labute approximate surface area is 235 Å². The molecule has 0 amide bonds. The highest BCUT2D eigenvalue weighted by atomic mass is 16.6. The van der Waals surface area contributed by atoms with Crippen LogP contribution in [0.5, 0.6) is 23.0 Å². The third-order valence-corrected chi connectivity index (χ3v) is 6.25. The van der Waals surface area contributed by atoms with E-state index >= 15 is 0 Å². The molecule has 0 aliphatic heterocycles. The molecule has 0 saturated carbocycles. The molecule has 1 heterocycles. The largest absolute Gasteiger partial charge is 0.493 e. The minimum atomic E-state index is -1.41. The van der Waals surface area contributed by atoms with E-state index < -0.39 is 22.3 Å². The Morgan fingerprint density at radius 2 is 1.63 bits per heavy atom. The van der Waals surface area contributed by atoms with Crippen LogP contribution in [0, 0.1) is 15.5 Å². The second kappa shape index (κ2) is 12.7. The van der Waals surface area contributed by atoms with Gasteiger partial charge in [-0.25, -0.2) is 9.48 Å². The number of benzene rings is 2. The lowest BCUT2D eigenvalue weighted by atomic mass is 9.76. The number of ether oxygens (including phenoxy) is 4. The molecule has 13 heteroatoms. The number of nitro groups is 1. The van der Waals surface area contributed by atoms with E-state index in [2.05, 4.69) is 5.10 Å². The zero-order valence-corrected chi connectivity index (χ0v) is 23.0. The molecule has 13 nitrogen and oxygen atoms in total. The molecule has 4 rings (SSSR count). The summed E-state index contributed by atoms with van der Waals surface area (Å²) in [4.78, 5) is 33.3. The van der Waals surface area contributed by atoms with Crippen LogP contribution in [0.15, 0.2) is 66.5 Å². The molecule has 1 aromatic heterocycles. The number of aromatic nitrogens is 2. The number of aliphatic carboxylic acids is 2. The van der Waals surface area contributed by atoms with E-state index in [0.29, 0.717) is 28.4 Å². The van der Waals surface area contributed by atoms with Crippen LogP contribution in [0.3, 0.4) is 0 Å². The number of carboxylic acids is 2. The molecule has 0 spiro atoms. The summed E-state index contributed by atoms with van der Waals surface area (Å²) in [7, 11) is 6.05. The van der Waals surface area contributed by atoms with Crippen molar-refractivity contribution in [3.63, 3.8) is 0 Å². The van der Waals surface area contributed by atoms with Crippen molar-refractivity contribution < 1.29 is 43.7 Å². The number of nitrogens with zero attached hydrogens (tertiary/aromatic N) is 3. The average Bonchev–Trinajstić information content (AvgIpc) is 3.51. The van der Waals surface area contributed by atoms with Gasteiger partial charge in [0.2, 0.25) is 5.75 Å². The Bertz CT molecular complexity index is 1490. The molecule has 0 radical (unpaired) electrons. The minimum Gasteiger partial charge on any atom is -0.493 e. The standard InChI is InChI=1S/C16H15NO7.C12H14N2O3/c1-16(15(20)21)7-10(5-11(8-16)14(18)19)9-3-4-13(24-2)12(6-9)17(22)23;1-15-10-7-9(14-6-4-5-13-14)8-11(16-2)12(10)17-3/h3-7H,8H2,1-2H3,(H,18,19)(H,20,21);4-8H,1-3H3. The first-order valence-electron chi connectivity index (χ1n) is 12.0. The maximum atomic E-state index is 11.5. The Morgan fingerprint density at radius 1 is 1.00 bits per heavy atom. The third-order valence-electron chi connectivity index (χ3n) is 6.25. The van der Waals surface area contributed by atoms with Crippen molar-refractivity contribution in [2.45, 2.75) is 13.3 Å². The lowest BCUT2D eigenvalue weighted by molar-refractivity contribution is -0.385. The molecule has 2 aromatic carbocycles. The minimum absolute atomic E-state index is 0.0589. The highest BCUT2D eigenvalue weighted by Crippen LogP contribution is 2.40. The van der Waals surface area contributed by atoms with Gasteiger partial charge in [-0.15, -0.1) is 0 Å². The summed E-state index contributed by atoms with van der Waals surface area (Å²) in [6, 6.07) is 9.66. The maximum absolute atomic E-state index is 11.5. The summed E-state index contributed by atoms with van der Waals surface area (Å²) in [5.41, 5.74) is -0.279. The Balaban J connectivity index is 0.000000239. The fourth-order valence-corrected chi connectivity index (χ4v) is 4.14. The van der Waals surface area contributed by atoms with Crippen LogP contribution < -0.4 is 18.9 Å². The van der Waals surface area contributed by atoms with Gasteiger partial charge in [0, 0.05) is 36.2 Å². The smallest absolute Gasteiger partial charge is 0.331 e. The summed E-state index contributed by atoms with van der Waals surface area (Å²) >= 11 is 0. The zero-order valence-electron chi connectivity index (χ0n) is 23.0. The Hall–Kier alpha value is -5.33. The van der Waals surface area contributed by atoms with E-state index in [1.165, 1.54) is 44.4 Å². The van der Waals surface area contributed by atoms with Gasteiger partial charge in [-0.05, 0) is 42.7 Å². The van der Waals surface area contributed by atoms with E-state index in [4.69, 9.17) is 18.9 Å². The highest BCUT2D eigenvalue weighted by Gasteiger charge is 2.37. The van der Waals surface area contributed by atoms with Crippen molar-refractivity contribution in [1.82, 2.24) is 9.78 Å². The second-order valence-corrected chi connectivity index (χ2v) is 8.95. The topological polar surface area (TPSA) is 172 Å². The average molecular weight is 568 g/mol. The number of hydrogen-bond donors (Lipinski definition) is 2. The van der Waals surface area contributed by atoms with Gasteiger partial charge in [0.1, 0.15) is 0 Å². The summed E-state index contributed by atoms with van der Waals surface area (Å²) in [5.74, 6) is -0.546. The number of allylic oxidation sites excluding steroid dienone is 2. The van der Waals surface area contributed by atoms with Crippen molar-refractivity contribution in [2.75, 3.05) is 28.4 Å². The van der Waals surface area contributed by atoms with Crippen molar-refractivity contribution in [3.05, 3.63) is 82.2 Å². The molecular weight excluding hydrogens is 538 g/mol. The van der Waals surface area contributed by atoms with Crippen molar-refractivity contribution in [2.24, 2.45) is 5.41 Å². The summed E-state index contributed by atoms with van der Waals surface area (Å²) in [6.45, 7) is 1.41. The molecule has 1 unspecified atom stereocenters. The normalized spacial score (nSPS) is 15.8. The number of methoxy groups -OCH3 is 4. The molecular formula is C28H29N3O10. The van der Waals surface area contributed by atoms with Gasteiger partial charge in [-0.2, -0.15) is 5.10 Å². The second-order valence-electron chi connectivity index (χ2n) is 8.95. The molecule has 3 aromatic rings. The van der Waals surface area contributed by atoms with Gasteiger partial charge >= 0.3 is 17.6 Å². The van der Waals surface area contributed by atoms with Crippen molar-refractivity contribution in [3.8, 4) is 28.7 Å². The molecule has 216 valence electrons. The predicted octanol–water partition coefficient (Wildman–Crippen LogP) is 4.39. The first-order chi connectivity index (χ1) is 19.5. The lowest BCUT2D eigenvalue weighted by Gasteiger charge is -2.26. The van der Waals surface area contributed by atoms with Gasteiger partial charge < -0.3 is 29.2 Å². The van der Waals surface area contributed by atoms with E-state index in [1.807, 2.05) is 24.4 Å². The molecule has 1 aliphatic carbocycles. The predicted molar refractivity (Wildman–Crippen MR) is 147 cm³/mol. The summed E-state index contributed by atoms with van der Waals surface area (Å²) < 4.78 is 22.4. The van der Waals surface area contributed by atoms with Gasteiger partial charge in [-0.1, -0.05) is 12.1 Å². The number of rotatable bonds is 9. The third kappa shape index (κ3) is 6.64. The first kappa shape index (κ1) is 30.2. The summed E-state index contributed by atoms with van der Waals surface area (Å²) in [5, 5.41) is 33.9.